The van der Waals surface area contributed by atoms with Gasteiger partial charge in [0.2, 0.25) is 11.8 Å². The lowest BCUT2D eigenvalue weighted by atomic mass is 9.78. The molecule has 6 heteroatoms. The van der Waals surface area contributed by atoms with Crippen molar-refractivity contribution < 1.29 is 19.1 Å². The van der Waals surface area contributed by atoms with E-state index < -0.39 is 23.3 Å². The topological polar surface area (TPSA) is 75.7 Å². The number of anilines is 1. The lowest BCUT2D eigenvalue weighted by Crippen LogP contribution is -2.49. The van der Waals surface area contributed by atoms with Crippen LogP contribution in [-0.2, 0) is 19.1 Å². The van der Waals surface area contributed by atoms with Crippen LogP contribution in [0.1, 0.15) is 30.5 Å². The molecule has 2 heterocycles. The Kier molecular flexibility index (Phi) is 4.74. The highest BCUT2D eigenvalue weighted by Gasteiger charge is 2.64. The molecule has 0 unspecified atom stereocenters. The van der Waals surface area contributed by atoms with Crippen LogP contribution < -0.4 is 10.2 Å². The molecule has 29 heavy (non-hydrogen) atoms. The number of rotatable bonds is 4. The number of nitrogens with zero attached hydrogens (tertiary/aromatic N) is 1. The van der Waals surface area contributed by atoms with Crippen molar-refractivity contribution in [3.8, 4) is 0 Å². The van der Waals surface area contributed by atoms with Crippen LogP contribution in [0.2, 0.25) is 0 Å². The third kappa shape index (κ3) is 3.13. The van der Waals surface area contributed by atoms with Crippen molar-refractivity contribution in [2.45, 2.75) is 31.8 Å². The zero-order valence-corrected chi connectivity index (χ0v) is 16.7. The SMILES string of the molecule is COC(=O)C[C@@]1(C)N[C@H](c2ccc(C)cc2)[C@@H]2C(=O)N(c3ccccc3)C(=O)[C@@H]21. The van der Waals surface area contributed by atoms with Crippen molar-refractivity contribution >= 4 is 23.5 Å². The molecule has 0 aromatic heterocycles. The minimum atomic E-state index is -0.885. The Morgan fingerprint density at radius 2 is 1.72 bits per heavy atom. The summed E-state index contributed by atoms with van der Waals surface area (Å²) in [4.78, 5) is 40.3. The van der Waals surface area contributed by atoms with Crippen LogP contribution in [0, 0.1) is 18.8 Å². The molecule has 1 N–H and O–H groups in total. The van der Waals surface area contributed by atoms with Gasteiger partial charge in [-0.3, -0.25) is 14.4 Å². The Morgan fingerprint density at radius 3 is 2.34 bits per heavy atom. The van der Waals surface area contributed by atoms with Gasteiger partial charge in [0, 0.05) is 11.6 Å². The normalized spacial score (nSPS) is 28.5. The van der Waals surface area contributed by atoms with Crippen molar-refractivity contribution in [3.63, 3.8) is 0 Å². The fourth-order valence-electron chi connectivity index (χ4n) is 4.66. The fraction of sp³-hybridized carbons (Fsp3) is 0.348. The summed E-state index contributed by atoms with van der Waals surface area (Å²) >= 11 is 0. The molecule has 2 aliphatic heterocycles. The summed E-state index contributed by atoms with van der Waals surface area (Å²) in [5.74, 6) is -2.17. The van der Waals surface area contributed by atoms with Gasteiger partial charge in [-0.05, 0) is 31.5 Å². The summed E-state index contributed by atoms with van der Waals surface area (Å²) in [6, 6.07) is 16.5. The molecule has 0 radical (unpaired) electrons. The molecule has 2 aliphatic rings. The molecular formula is C23H24N2O4. The van der Waals surface area contributed by atoms with Gasteiger partial charge in [-0.15, -0.1) is 0 Å². The number of carbonyl (C=O) groups excluding carboxylic acids is 3. The van der Waals surface area contributed by atoms with Gasteiger partial charge in [0.05, 0.1) is 31.1 Å². The van der Waals surface area contributed by atoms with Gasteiger partial charge in [-0.2, -0.15) is 0 Å². The summed E-state index contributed by atoms with van der Waals surface area (Å²) in [6.45, 7) is 3.83. The number of para-hydroxylation sites is 1. The van der Waals surface area contributed by atoms with Crippen molar-refractivity contribution in [2.75, 3.05) is 12.0 Å². The third-order valence-corrected chi connectivity index (χ3v) is 6.07. The Morgan fingerprint density at radius 1 is 1.07 bits per heavy atom. The largest absolute Gasteiger partial charge is 0.469 e. The van der Waals surface area contributed by atoms with Crippen molar-refractivity contribution in [1.82, 2.24) is 5.32 Å². The number of fused-ring (bicyclic) bond motifs is 1. The average Bonchev–Trinajstić information content (AvgIpc) is 3.16. The summed E-state index contributed by atoms with van der Waals surface area (Å²) in [5, 5.41) is 3.43. The predicted octanol–water partition coefficient (Wildman–Crippen LogP) is 2.77. The monoisotopic (exact) mass is 392 g/mol. The van der Waals surface area contributed by atoms with Crippen LogP contribution in [0.3, 0.4) is 0 Å². The standard InChI is InChI=1S/C23H24N2O4/c1-14-9-11-15(12-10-14)20-18-19(23(2,24-20)13-17(26)29-3)22(28)25(21(18)27)16-7-5-4-6-8-16/h4-12,18-20,24H,13H2,1-3H3/t18-,19-,20-,23-/m1/s1. The van der Waals surface area contributed by atoms with E-state index in [-0.39, 0.29) is 24.3 Å². The van der Waals surface area contributed by atoms with Crippen LogP contribution in [0.15, 0.2) is 54.6 Å². The van der Waals surface area contributed by atoms with E-state index in [2.05, 4.69) is 5.32 Å². The zero-order chi connectivity index (χ0) is 20.8. The minimum Gasteiger partial charge on any atom is -0.469 e. The smallest absolute Gasteiger partial charge is 0.307 e. The van der Waals surface area contributed by atoms with Crippen LogP contribution in [0.25, 0.3) is 0 Å². The number of imide groups is 1. The number of esters is 1. The van der Waals surface area contributed by atoms with Gasteiger partial charge >= 0.3 is 5.97 Å². The maximum absolute atomic E-state index is 13.4. The maximum Gasteiger partial charge on any atom is 0.307 e. The minimum absolute atomic E-state index is 0.00861. The van der Waals surface area contributed by atoms with E-state index in [0.29, 0.717) is 5.69 Å². The second kappa shape index (κ2) is 7.12. The molecule has 0 saturated carbocycles. The van der Waals surface area contributed by atoms with Gasteiger partial charge in [-0.25, -0.2) is 4.90 Å². The van der Waals surface area contributed by atoms with Crippen LogP contribution in [0.5, 0.6) is 0 Å². The number of methoxy groups -OCH3 is 1. The van der Waals surface area contributed by atoms with E-state index in [1.54, 1.807) is 24.3 Å². The van der Waals surface area contributed by atoms with Crippen LogP contribution >= 0.6 is 0 Å². The molecule has 0 bridgehead atoms. The second-order valence-electron chi connectivity index (χ2n) is 8.05. The molecule has 4 rings (SSSR count). The highest BCUT2D eigenvalue weighted by molar-refractivity contribution is 6.23. The van der Waals surface area contributed by atoms with Gasteiger partial charge in [0.1, 0.15) is 0 Å². The first-order valence-corrected chi connectivity index (χ1v) is 9.69. The number of ether oxygens (including phenoxy) is 1. The molecule has 2 saturated heterocycles. The van der Waals surface area contributed by atoms with E-state index in [9.17, 15) is 14.4 Å². The number of amides is 2. The van der Waals surface area contributed by atoms with E-state index in [1.807, 2.05) is 44.2 Å². The van der Waals surface area contributed by atoms with Gasteiger partial charge in [-0.1, -0.05) is 48.0 Å². The molecule has 0 spiro atoms. The molecule has 6 nitrogen and oxygen atoms in total. The van der Waals surface area contributed by atoms with E-state index in [0.717, 1.165) is 11.1 Å². The number of hydrogen-bond acceptors (Lipinski definition) is 5. The number of carbonyl (C=O) groups is 3. The van der Waals surface area contributed by atoms with Crippen LogP contribution in [0.4, 0.5) is 5.69 Å². The highest BCUT2D eigenvalue weighted by atomic mass is 16.5. The Labute approximate surface area is 169 Å². The molecule has 2 aromatic rings. The first-order valence-electron chi connectivity index (χ1n) is 9.69. The Balaban J connectivity index is 1.79. The number of hydrogen-bond donors (Lipinski definition) is 1. The average molecular weight is 392 g/mol. The zero-order valence-electron chi connectivity index (χ0n) is 16.7. The number of benzene rings is 2. The molecule has 4 atom stereocenters. The van der Waals surface area contributed by atoms with E-state index in [4.69, 9.17) is 4.74 Å². The summed E-state index contributed by atoms with van der Waals surface area (Å²) in [6.07, 6.45) is 0.00861. The Hall–Kier alpha value is -2.99. The lowest BCUT2D eigenvalue weighted by Gasteiger charge is -2.30. The summed E-state index contributed by atoms with van der Waals surface area (Å²) in [7, 11) is 1.33. The third-order valence-electron chi connectivity index (χ3n) is 6.07. The van der Waals surface area contributed by atoms with Crippen molar-refractivity contribution in [3.05, 3.63) is 65.7 Å². The van der Waals surface area contributed by atoms with Gasteiger partial charge < -0.3 is 10.1 Å². The van der Waals surface area contributed by atoms with Gasteiger partial charge in [0.15, 0.2) is 0 Å². The second-order valence-corrected chi connectivity index (χ2v) is 8.05. The summed E-state index contributed by atoms with van der Waals surface area (Å²) in [5.41, 5.74) is 1.71. The van der Waals surface area contributed by atoms with Crippen molar-refractivity contribution in [1.29, 1.82) is 0 Å². The molecule has 150 valence electrons. The molecular weight excluding hydrogens is 368 g/mol. The number of nitrogens with one attached hydrogen (secondary N) is 1. The molecule has 0 aliphatic carbocycles. The maximum atomic E-state index is 13.4. The lowest BCUT2D eigenvalue weighted by molar-refractivity contribution is -0.142. The molecule has 2 aromatic carbocycles. The highest BCUT2D eigenvalue weighted by Crippen LogP contribution is 2.50. The molecule has 2 fully saturated rings. The quantitative estimate of drug-likeness (QED) is 0.640. The van der Waals surface area contributed by atoms with E-state index in [1.165, 1.54) is 12.0 Å². The fourth-order valence-corrected chi connectivity index (χ4v) is 4.66. The molecule has 2 amide bonds. The first kappa shape index (κ1) is 19.3. The Bertz CT molecular complexity index is 957. The first-order chi connectivity index (χ1) is 13.9. The number of aryl methyl sites for hydroxylation is 1. The van der Waals surface area contributed by atoms with Gasteiger partial charge in [0.25, 0.3) is 0 Å². The van der Waals surface area contributed by atoms with Crippen LogP contribution in [-0.4, -0.2) is 30.4 Å². The summed E-state index contributed by atoms with van der Waals surface area (Å²) < 4.78 is 4.87. The van der Waals surface area contributed by atoms with E-state index >= 15 is 0 Å². The predicted molar refractivity (Wildman–Crippen MR) is 108 cm³/mol. The van der Waals surface area contributed by atoms with Crippen molar-refractivity contribution in [2.24, 2.45) is 11.8 Å².